The van der Waals surface area contributed by atoms with Gasteiger partial charge in [-0.05, 0) is 35.8 Å². The highest BCUT2D eigenvalue weighted by atomic mass is 32.1. The molecule has 0 atom stereocenters. The van der Waals surface area contributed by atoms with Gasteiger partial charge in [0, 0.05) is 12.6 Å². The fraction of sp³-hybridized carbons (Fsp3) is 0.125. The summed E-state index contributed by atoms with van der Waals surface area (Å²) in [5.74, 6) is 0.565. The van der Waals surface area contributed by atoms with E-state index in [0.717, 1.165) is 17.8 Å². The minimum absolute atomic E-state index is 0.559. The van der Waals surface area contributed by atoms with Crippen LogP contribution < -0.4 is 4.80 Å². The molecule has 0 spiro atoms. The van der Waals surface area contributed by atoms with Gasteiger partial charge < -0.3 is 0 Å². The summed E-state index contributed by atoms with van der Waals surface area (Å²) in [4.78, 5) is 9.03. The fourth-order valence-corrected chi connectivity index (χ4v) is 2.93. The van der Waals surface area contributed by atoms with Crippen LogP contribution in [-0.4, -0.2) is 16.0 Å². The van der Waals surface area contributed by atoms with E-state index < -0.39 is 11.7 Å². The average molecular weight is 335 g/mol. The quantitative estimate of drug-likeness (QED) is 0.692. The van der Waals surface area contributed by atoms with Crippen molar-refractivity contribution < 1.29 is 13.2 Å². The monoisotopic (exact) mass is 335 g/mol. The van der Waals surface area contributed by atoms with Gasteiger partial charge in [-0.3, -0.25) is 4.99 Å². The summed E-state index contributed by atoms with van der Waals surface area (Å²) in [6.45, 7) is 0. The number of rotatable bonds is 2. The number of alkyl halides is 3. The molecular weight excluding hydrogens is 323 g/mol. The highest BCUT2D eigenvalue weighted by Gasteiger charge is 2.30. The molecule has 23 heavy (non-hydrogen) atoms. The number of para-hydroxylation sites is 1. The van der Waals surface area contributed by atoms with Crippen molar-refractivity contribution >= 4 is 11.5 Å². The van der Waals surface area contributed by atoms with E-state index in [2.05, 4.69) is 9.98 Å². The SMILES string of the molecule is CN=c1nc(-c2ccc(C(F)(F)F)cc2)n(-c2ccccc2)s1. The van der Waals surface area contributed by atoms with Gasteiger partial charge in [0.05, 0.1) is 11.3 Å². The van der Waals surface area contributed by atoms with Crippen LogP contribution in [0, 0.1) is 0 Å². The molecule has 0 bridgehead atoms. The molecule has 7 heteroatoms. The summed E-state index contributed by atoms with van der Waals surface area (Å²) in [6, 6.07) is 14.5. The van der Waals surface area contributed by atoms with Crippen LogP contribution in [0.25, 0.3) is 17.1 Å². The van der Waals surface area contributed by atoms with Crippen molar-refractivity contribution in [2.75, 3.05) is 7.05 Å². The number of hydrogen-bond acceptors (Lipinski definition) is 3. The van der Waals surface area contributed by atoms with E-state index in [4.69, 9.17) is 0 Å². The maximum absolute atomic E-state index is 12.7. The molecule has 3 nitrogen and oxygen atoms in total. The largest absolute Gasteiger partial charge is 0.416 e. The zero-order valence-electron chi connectivity index (χ0n) is 12.1. The Kier molecular flexibility index (Phi) is 4.04. The predicted octanol–water partition coefficient (Wildman–Crippen LogP) is 4.15. The van der Waals surface area contributed by atoms with Gasteiger partial charge in [-0.2, -0.15) is 18.2 Å². The van der Waals surface area contributed by atoms with Crippen LogP contribution in [0.5, 0.6) is 0 Å². The van der Waals surface area contributed by atoms with Crippen LogP contribution in [-0.2, 0) is 6.18 Å². The molecular formula is C16H12F3N3S. The van der Waals surface area contributed by atoms with Crippen molar-refractivity contribution in [1.29, 1.82) is 0 Å². The molecule has 3 aromatic rings. The van der Waals surface area contributed by atoms with Crippen molar-refractivity contribution in [3.8, 4) is 17.1 Å². The van der Waals surface area contributed by atoms with Crippen molar-refractivity contribution in [3.63, 3.8) is 0 Å². The summed E-state index contributed by atoms with van der Waals surface area (Å²) in [6.07, 6.45) is -4.35. The first-order valence-corrected chi connectivity index (χ1v) is 7.52. The van der Waals surface area contributed by atoms with Gasteiger partial charge in [0.1, 0.15) is 0 Å². The Bertz CT molecular complexity index is 862. The minimum atomic E-state index is -4.35. The topological polar surface area (TPSA) is 30.2 Å². The van der Waals surface area contributed by atoms with Gasteiger partial charge in [-0.1, -0.05) is 30.3 Å². The molecule has 0 amide bonds. The maximum atomic E-state index is 12.7. The van der Waals surface area contributed by atoms with E-state index in [0.29, 0.717) is 16.2 Å². The Labute approximate surface area is 134 Å². The van der Waals surface area contributed by atoms with Crippen molar-refractivity contribution in [1.82, 2.24) is 8.94 Å². The van der Waals surface area contributed by atoms with Crippen molar-refractivity contribution in [3.05, 3.63) is 65.0 Å². The molecule has 0 aliphatic carbocycles. The predicted molar refractivity (Wildman–Crippen MR) is 83.4 cm³/mol. The number of aromatic nitrogens is 2. The van der Waals surface area contributed by atoms with Gasteiger partial charge in [-0.25, -0.2) is 3.96 Å². The van der Waals surface area contributed by atoms with Crippen molar-refractivity contribution in [2.24, 2.45) is 4.99 Å². The molecule has 2 aromatic carbocycles. The van der Waals surface area contributed by atoms with E-state index in [-0.39, 0.29) is 0 Å². The molecule has 1 heterocycles. The summed E-state index contributed by atoms with van der Waals surface area (Å²) >= 11 is 1.33. The first-order valence-electron chi connectivity index (χ1n) is 6.75. The van der Waals surface area contributed by atoms with E-state index in [1.807, 2.05) is 34.3 Å². The van der Waals surface area contributed by atoms with Crippen LogP contribution in [0.4, 0.5) is 13.2 Å². The molecule has 0 fully saturated rings. The molecule has 0 radical (unpaired) electrons. The van der Waals surface area contributed by atoms with Crippen LogP contribution >= 0.6 is 11.5 Å². The number of hydrogen-bond donors (Lipinski definition) is 0. The lowest BCUT2D eigenvalue weighted by molar-refractivity contribution is -0.137. The lowest BCUT2D eigenvalue weighted by atomic mass is 10.1. The summed E-state index contributed by atoms with van der Waals surface area (Å²) in [5, 5.41) is 0. The van der Waals surface area contributed by atoms with E-state index in [9.17, 15) is 13.2 Å². The van der Waals surface area contributed by atoms with Gasteiger partial charge in [-0.15, -0.1) is 0 Å². The Morgan fingerprint density at radius 3 is 2.22 bits per heavy atom. The van der Waals surface area contributed by atoms with Crippen LogP contribution in [0.3, 0.4) is 0 Å². The second-order valence-electron chi connectivity index (χ2n) is 4.74. The summed E-state index contributed by atoms with van der Waals surface area (Å²) in [7, 11) is 1.63. The lowest BCUT2D eigenvalue weighted by Gasteiger charge is -2.09. The molecule has 0 aliphatic rings. The normalized spacial score (nSPS) is 12.6. The first kappa shape index (κ1) is 15.5. The number of halogens is 3. The highest BCUT2D eigenvalue weighted by Crippen LogP contribution is 2.31. The standard InChI is InChI=1S/C16H12F3N3S/c1-20-15-21-14(22(23-15)13-5-3-2-4-6-13)11-7-9-12(10-8-11)16(17,18)19/h2-10H,1H3. The molecule has 3 rings (SSSR count). The Morgan fingerprint density at radius 1 is 1.00 bits per heavy atom. The molecule has 118 valence electrons. The molecule has 0 saturated carbocycles. The zero-order valence-corrected chi connectivity index (χ0v) is 12.9. The summed E-state index contributed by atoms with van der Waals surface area (Å²) < 4.78 is 39.9. The molecule has 0 unspecified atom stereocenters. The third kappa shape index (κ3) is 3.19. The van der Waals surface area contributed by atoms with Gasteiger partial charge in [0.2, 0.25) is 4.80 Å². The van der Waals surface area contributed by atoms with Gasteiger partial charge >= 0.3 is 6.18 Å². The minimum Gasteiger partial charge on any atom is -0.260 e. The third-order valence-electron chi connectivity index (χ3n) is 3.22. The highest BCUT2D eigenvalue weighted by molar-refractivity contribution is 7.04. The molecule has 0 saturated heterocycles. The van der Waals surface area contributed by atoms with Gasteiger partial charge in [0.15, 0.2) is 5.82 Å². The van der Waals surface area contributed by atoms with Crippen molar-refractivity contribution in [2.45, 2.75) is 6.18 Å². The van der Waals surface area contributed by atoms with Gasteiger partial charge in [0.25, 0.3) is 0 Å². The Morgan fingerprint density at radius 2 is 1.65 bits per heavy atom. The Balaban J connectivity index is 2.11. The molecule has 0 aliphatic heterocycles. The second kappa shape index (κ2) is 6.00. The molecule has 0 N–H and O–H groups in total. The maximum Gasteiger partial charge on any atom is 0.416 e. The average Bonchev–Trinajstić information content (AvgIpc) is 2.99. The smallest absolute Gasteiger partial charge is 0.260 e. The lowest BCUT2D eigenvalue weighted by Crippen LogP contribution is -2.04. The van der Waals surface area contributed by atoms with Crippen LogP contribution in [0.1, 0.15) is 5.56 Å². The van der Waals surface area contributed by atoms with E-state index in [1.165, 1.54) is 23.7 Å². The van der Waals surface area contributed by atoms with Crippen LogP contribution in [0.15, 0.2) is 59.6 Å². The number of nitrogens with zero attached hydrogens (tertiary/aromatic N) is 3. The molecule has 1 aromatic heterocycles. The fourth-order valence-electron chi connectivity index (χ4n) is 2.10. The van der Waals surface area contributed by atoms with E-state index in [1.54, 1.807) is 7.05 Å². The summed E-state index contributed by atoms with van der Waals surface area (Å²) in [5.41, 5.74) is 0.811. The second-order valence-corrected chi connectivity index (χ2v) is 5.65. The van der Waals surface area contributed by atoms with E-state index >= 15 is 0 Å². The zero-order chi connectivity index (χ0) is 16.4. The third-order valence-corrected chi connectivity index (χ3v) is 4.22. The first-order chi connectivity index (χ1) is 11.0. The number of benzene rings is 2. The Hall–Kier alpha value is -2.41. The van der Waals surface area contributed by atoms with Crippen LogP contribution in [0.2, 0.25) is 0 Å².